The van der Waals surface area contributed by atoms with Gasteiger partial charge in [0.2, 0.25) is 0 Å². The van der Waals surface area contributed by atoms with Crippen molar-refractivity contribution >= 4 is 6.03 Å². The first-order valence-corrected chi connectivity index (χ1v) is 5.15. The number of piperidine rings is 1. The van der Waals surface area contributed by atoms with Gasteiger partial charge in [0.15, 0.2) is 0 Å². The van der Waals surface area contributed by atoms with Gasteiger partial charge >= 0.3 is 6.03 Å². The molecule has 0 aromatic rings. The van der Waals surface area contributed by atoms with Crippen molar-refractivity contribution in [3.8, 4) is 0 Å². The summed E-state index contributed by atoms with van der Waals surface area (Å²) >= 11 is 0. The van der Waals surface area contributed by atoms with Crippen molar-refractivity contribution in [2.45, 2.75) is 45.1 Å². The zero-order valence-corrected chi connectivity index (χ0v) is 9.44. The lowest BCUT2D eigenvalue weighted by atomic mass is 10.1. The molecular weight excluding hydrogens is 202 g/mol. The SMILES string of the molecule is CC(C)(C)NC(=O)N1CCC(F)(F)CC1. The van der Waals surface area contributed by atoms with E-state index < -0.39 is 5.92 Å². The Bertz CT molecular complexity index is 238. The molecule has 0 aromatic carbocycles. The van der Waals surface area contributed by atoms with Crippen LogP contribution in [0.3, 0.4) is 0 Å². The summed E-state index contributed by atoms with van der Waals surface area (Å²) in [6, 6.07) is -0.252. The highest BCUT2D eigenvalue weighted by molar-refractivity contribution is 5.75. The van der Waals surface area contributed by atoms with Gasteiger partial charge in [0, 0.05) is 31.5 Å². The molecule has 0 aromatic heterocycles. The minimum absolute atomic E-state index is 0.134. The first kappa shape index (κ1) is 12.2. The van der Waals surface area contributed by atoms with Gasteiger partial charge in [-0.15, -0.1) is 0 Å². The van der Waals surface area contributed by atoms with Crippen LogP contribution in [0.15, 0.2) is 0 Å². The van der Waals surface area contributed by atoms with Crippen molar-refractivity contribution in [1.29, 1.82) is 0 Å². The number of hydrogen-bond donors (Lipinski definition) is 1. The van der Waals surface area contributed by atoms with Crippen LogP contribution < -0.4 is 5.32 Å². The van der Waals surface area contributed by atoms with Crippen molar-refractivity contribution in [2.75, 3.05) is 13.1 Å². The molecule has 3 nitrogen and oxygen atoms in total. The number of amides is 2. The average molecular weight is 220 g/mol. The second kappa shape index (κ2) is 3.94. The van der Waals surface area contributed by atoms with Gasteiger partial charge in [-0.2, -0.15) is 0 Å². The Kier molecular flexibility index (Phi) is 3.21. The summed E-state index contributed by atoms with van der Waals surface area (Å²) in [6.45, 7) is 5.86. The Morgan fingerprint density at radius 1 is 1.27 bits per heavy atom. The molecule has 2 amide bonds. The summed E-state index contributed by atoms with van der Waals surface area (Å²) in [7, 11) is 0. The lowest BCUT2D eigenvalue weighted by molar-refractivity contribution is -0.0472. The van der Waals surface area contributed by atoms with Crippen molar-refractivity contribution in [3.63, 3.8) is 0 Å². The van der Waals surface area contributed by atoms with E-state index in [9.17, 15) is 13.6 Å². The van der Waals surface area contributed by atoms with Crippen LogP contribution in [0, 0.1) is 0 Å². The van der Waals surface area contributed by atoms with Gasteiger partial charge < -0.3 is 10.2 Å². The number of urea groups is 1. The molecular formula is C10H18F2N2O. The summed E-state index contributed by atoms with van der Waals surface area (Å²) < 4.78 is 25.6. The first-order chi connectivity index (χ1) is 6.70. The molecule has 88 valence electrons. The summed E-state index contributed by atoms with van der Waals surface area (Å²) in [6.07, 6.45) is -0.463. The molecule has 0 aliphatic carbocycles. The van der Waals surface area contributed by atoms with E-state index in [4.69, 9.17) is 0 Å². The number of nitrogens with zero attached hydrogens (tertiary/aromatic N) is 1. The van der Waals surface area contributed by atoms with E-state index in [1.807, 2.05) is 20.8 Å². The quantitative estimate of drug-likeness (QED) is 0.667. The first-order valence-electron chi connectivity index (χ1n) is 5.15. The van der Waals surface area contributed by atoms with E-state index in [1.165, 1.54) is 4.90 Å². The largest absolute Gasteiger partial charge is 0.333 e. The maximum absolute atomic E-state index is 12.8. The molecule has 0 unspecified atom stereocenters. The maximum atomic E-state index is 12.8. The van der Waals surface area contributed by atoms with Crippen LogP contribution in [0.2, 0.25) is 0 Å². The van der Waals surface area contributed by atoms with Gasteiger partial charge in [-0.05, 0) is 20.8 Å². The number of alkyl halides is 2. The van der Waals surface area contributed by atoms with Crippen molar-refractivity contribution in [1.82, 2.24) is 10.2 Å². The number of rotatable bonds is 0. The van der Waals surface area contributed by atoms with Gasteiger partial charge in [-0.1, -0.05) is 0 Å². The number of halogens is 2. The zero-order chi connectivity index (χ0) is 11.7. The normalized spacial score (nSPS) is 21.3. The van der Waals surface area contributed by atoms with Crippen LogP contribution in [0.5, 0.6) is 0 Å². The molecule has 0 bridgehead atoms. The molecule has 0 spiro atoms. The maximum Gasteiger partial charge on any atom is 0.317 e. The van der Waals surface area contributed by atoms with E-state index in [0.717, 1.165) is 0 Å². The monoisotopic (exact) mass is 220 g/mol. The Hall–Kier alpha value is -0.870. The third kappa shape index (κ3) is 4.01. The van der Waals surface area contributed by atoms with E-state index >= 15 is 0 Å². The highest BCUT2D eigenvalue weighted by Gasteiger charge is 2.36. The van der Waals surface area contributed by atoms with Crippen molar-refractivity contribution < 1.29 is 13.6 Å². The molecule has 0 atom stereocenters. The molecule has 1 aliphatic rings. The average Bonchev–Trinajstić information content (AvgIpc) is 2.00. The van der Waals surface area contributed by atoms with Gasteiger partial charge in [0.05, 0.1) is 0 Å². The van der Waals surface area contributed by atoms with Crippen molar-refractivity contribution in [2.24, 2.45) is 0 Å². The predicted molar refractivity (Wildman–Crippen MR) is 54.0 cm³/mol. The molecule has 1 N–H and O–H groups in total. The van der Waals surface area contributed by atoms with Crippen LogP contribution in [-0.4, -0.2) is 35.5 Å². The lowest BCUT2D eigenvalue weighted by Gasteiger charge is -2.34. The Morgan fingerprint density at radius 2 is 1.73 bits per heavy atom. The minimum atomic E-state index is -2.60. The molecule has 1 rings (SSSR count). The Labute approximate surface area is 88.8 Å². The van der Waals surface area contributed by atoms with Crippen molar-refractivity contribution in [3.05, 3.63) is 0 Å². The summed E-state index contributed by atoms with van der Waals surface area (Å²) in [5.41, 5.74) is -0.322. The molecule has 0 radical (unpaired) electrons. The van der Waals surface area contributed by atoms with E-state index in [1.54, 1.807) is 0 Å². The fourth-order valence-corrected chi connectivity index (χ4v) is 1.44. The second-order valence-electron chi connectivity index (χ2n) is 5.02. The van der Waals surface area contributed by atoms with Gasteiger partial charge in [0.1, 0.15) is 0 Å². The fourth-order valence-electron chi connectivity index (χ4n) is 1.44. The van der Waals surface area contributed by atoms with Gasteiger partial charge in [-0.25, -0.2) is 13.6 Å². The number of carbonyl (C=O) groups excluding carboxylic acids is 1. The number of hydrogen-bond acceptors (Lipinski definition) is 1. The zero-order valence-electron chi connectivity index (χ0n) is 9.44. The van der Waals surface area contributed by atoms with Gasteiger partial charge in [-0.3, -0.25) is 0 Å². The van der Waals surface area contributed by atoms with E-state index in [2.05, 4.69) is 5.32 Å². The molecule has 1 heterocycles. The highest BCUT2D eigenvalue weighted by Crippen LogP contribution is 2.27. The number of nitrogens with one attached hydrogen (secondary N) is 1. The molecule has 1 saturated heterocycles. The third-order valence-corrected chi connectivity index (χ3v) is 2.26. The van der Waals surface area contributed by atoms with Crippen LogP contribution in [0.1, 0.15) is 33.6 Å². The number of carbonyl (C=O) groups is 1. The predicted octanol–water partition coefficient (Wildman–Crippen LogP) is 2.23. The van der Waals surface area contributed by atoms with E-state index in [-0.39, 0.29) is 37.5 Å². The standard InChI is InChI=1S/C10H18F2N2O/c1-9(2,3)13-8(15)14-6-4-10(11,12)5-7-14/h4-7H2,1-3H3,(H,13,15). The van der Waals surface area contributed by atoms with Crippen LogP contribution in [0.4, 0.5) is 13.6 Å². The second-order valence-corrected chi connectivity index (χ2v) is 5.02. The number of likely N-dealkylation sites (tertiary alicyclic amines) is 1. The molecule has 1 aliphatic heterocycles. The van der Waals surface area contributed by atoms with Crippen LogP contribution in [-0.2, 0) is 0 Å². The van der Waals surface area contributed by atoms with E-state index in [0.29, 0.717) is 0 Å². The highest BCUT2D eigenvalue weighted by atomic mass is 19.3. The summed E-state index contributed by atoms with van der Waals surface area (Å²) in [4.78, 5) is 13.0. The summed E-state index contributed by atoms with van der Waals surface area (Å²) in [5, 5.41) is 2.76. The lowest BCUT2D eigenvalue weighted by Crippen LogP contribution is -2.52. The Balaban J connectivity index is 2.44. The van der Waals surface area contributed by atoms with Gasteiger partial charge in [0.25, 0.3) is 5.92 Å². The van der Waals surface area contributed by atoms with Crippen LogP contribution >= 0.6 is 0 Å². The smallest absolute Gasteiger partial charge is 0.317 e. The molecule has 15 heavy (non-hydrogen) atoms. The molecule has 1 fully saturated rings. The third-order valence-electron chi connectivity index (χ3n) is 2.26. The molecule has 5 heteroatoms. The fraction of sp³-hybridized carbons (Fsp3) is 0.900. The van der Waals surface area contributed by atoms with Crippen LogP contribution in [0.25, 0.3) is 0 Å². The minimum Gasteiger partial charge on any atom is -0.333 e. The topological polar surface area (TPSA) is 32.3 Å². The summed E-state index contributed by atoms with van der Waals surface area (Å²) in [5.74, 6) is -2.60. The molecule has 0 saturated carbocycles. The Morgan fingerprint density at radius 3 is 2.13 bits per heavy atom.